The van der Waals surface area contributed by atoms with Crippen molar-refractivity contribution in [2.75, 3.05) is 26.0 Å². The number of likely N-dealkylation sites (tertiary alicyclic amines) is 1. The van der Waals surface area contributed by atoms with Crippen LogP contribution < -0.4 is 4.72 Å². The molecule has 22 heavy (non-hydrogen) atoms. The van der Waals surface area contributed by atoms with Crippen LogP contribution in [0.25, 0.3) is 0 Å². The van der Waals surface area contributed by atoms with Crippen molar-refractivity contribution in [2.45, 2.75) is 37.5 Å². The molecule has 1 N–H and O–H groups in total. The van der Waals surface area contributed by atoms with E-state index in [0.717, 1.165) is 38.9 Å². The standard InChI is InChI=1S/C15H23N3O3S/c1-22(19,20)17-14-9-15(21-12-14)4-7-18(8-5-15)11-13-3-2-6-16-10-13/h2-3,6,10,14,17H,4-5,7-9,11-12H2,1H3. The highest BCUT2D eigenvalue weighted by atomic mass is 32.2. The molecule has 2 aliphatic rings. The first-order valence-corrected chi connectivity index (χ1v) is 9.56. The van der Waals surface area contributed by atoms with Gasteiger partial charge in [0.1, 0.15) is 0 Å². The van der Waals surface area contributed by atoms with Gasteiger partial charge in [-0.25, -0.2) is 13.1 Å². The summed E-state index contributed by atoms with van der Waals surface area (Å²) in [5.74, 6) is 0. The van der Waals surface area contributed by atoms with Gasteiger partial charge >= 0.3 is 0 Å². The summed E-state index contributed by atoms with van der Waals surface area (Å²) >= 11 is 0. The lowest BCUT2D eigenvalue weighted by molar-refractivity contribution is -0.0449. The Kier molecular flexibility index (Phi) is 4.49. The summed E-state index contributed by atoms with van der Waals surface area (Å²) in [5, 5.41) is 0. The minimum absolute atomic E-state index is 0.0835. The Morgan fingerprint density at radius 3 is 2.86 bits per heavy atom. The lowest BCUT2D eigenvalue weighted by Crippen LogP contribution is -2.44. The smallest absolute Gasteiger partial charge is 0.209 e. The van der Waals surface area contributed by atoms with Gasteiger partial charge in [0, 0.05) is 38.1 Å². The maximum Gasteiger partial charge on any atom is 0.209 e. The average Bonchev–Trinajstić information content (AvgIpc) is 2.84. The summed E-state index contributed by atoms with van der Waals surface area (Å²) in [5.41, 5.74) is 1.08. The predicted octanol–water partition coefficient (Wildman–Crippen LogP) is 0.754. The molecule has 0 aromatic carbocycles. The van der Waals surface area contributed by atoms with Crippen LogP contribution in [0.15, 0.2) is 24.5 Å². The number of nitrogens with one attached hydrogen (secondary N) is 1. The van der Waals surface area contributed by atoms with Crippen LogP contribution in [0.1, 0.15) is 24.8 Å². The molecule has 1 aromatic heterocycles. The monoisotopic (exact) mass is 325 g/mol. The Labute approximate surface area is 131 Å². The maximum atomic E-state index is 11.3. The maximum absolute atomic E-state index is 11.3. The van der Waals surface area contributed by atoms with Crippen molar-refractivity contribution in [3.8, 4) is 0 Å². The van der Waals surface area contributed by atoms with Crippen LogP contribution in [0.2, 0.25) is 0 Å². The van der Waals surface area contributed by atoms with E-state index >= 15 is 0 Å². The number of rotatable bonds is 4. The molecule has 122 valence electrons. The zero-order valence-corrected chi connectivity index (χ0v) is 13.7. The van der Waals surface area contributed by atoms with Crippen molar-refractivity contribution in [1.82, 2.24) is 14.6 Å². The number of nitrogens with zero attached hydrogens (tertiary/aromatic N) is 2. The van der Waals surface area contributed by atoms with Crippen molar-refractivity contribution in [1.29, 1.82) is 0 Å². The Bertz CT molecular complexity index is 598. The van der Waals surface area contributed by atoms with Crippen LogP contribution in [0.4, 0.5) is 0 Å². The Morgan fingerprint density at radius 2 is 2.23 bits per heavy atom. The summed E-state index contributed by atoms with van der Waals surface area (Å²) in [4.78, 5) is 6.55. The minimum atomic E-state index is -3.16. The van der Waals surface area contributed by atoms with Gasteiger partial charge in [-0.1, -0.05) is 6.07 Å². The quantitative estimate of drug-likeness (QED) is 0.885. The molecule has 1 aromatic rings. The fraction of sp³-hybridized carbons (Fsp3) is 0.667. The van der Waals surface area contributed by atoms with Crippen molar-refractivity contribution in [3.05, 3.63) is 30.1 Å². The molecule has 1 spiro atoms. The first-order chi connectivity index (χ1) is 10.4. The first kappa shape index (κ1) is 15.9. The number of sulfonamides is 1. The van der Waals surface area contributed by atoms with Gasteiger partial charge in [-0.2, -0.15) is 0 Å². The fourth-order valence-electron chi connectivity index (χ4n) is 3.44. The Hall–Kier alpha value is -1.02. The molecule has 1 atom stereocenters. The minimum Gasteiger partial charge on any atom is -0.373 e. The molecule has 2 aliphatic heterocycles. The van der Waals surface area contributed by atoms with Crippen molar-refractivity contribution >= 4 is 10.0 Å². The molecule has 3 rings (SSSR count). The van der Waals surface area contributed by atoms with Crippen molar-refractivity contribution in [2.24, 2.45) is 0 Å². The van der Waals surface area contributed by atoms with Crippen LogP contribution in [0, 0.1) is 0 Å². The van der Waals surface area contributed by atoms with Crippen molar-refractivity contribution < 1.29 is 13.2 Å². The van der Waals surface area contributed by atoms with Crippen molar-refractivity contribution in [3.63, 3.8) is 0 Å². The summed E-state index contributed by atoms with van der Waals surface area (Å²) in [6, 6.07) is 3.97. The molecule has 0 saturated carbocycles. The molecule has 7 heteroatoms. The predicted molar refractivity (Wildman–Crippen MR) is 83.8 cm³/mol. The highest BCUT2D eigenvalue weighted by Crippen LogP contribution is 2.36. The lowest BCUT2D eigenvalue weighted by Gasteiger charge is -2.38. The van der Waals surface area contributed by atoms with Gasteiger partial charge in [-0.15, -0.1) is 0 Å². The van der Waals surface area contributed by atoms with Crippen LogP contribution in [0.3, 0.4) is 0 Å². The molecule has 2 fully saturated rings. The Balaban J connectivity index is 1.52. The molecule has 0 aliphatic carbocycles. The van der Waals surface area contributed by atoms with Gasteiger partial charge in [0.05, 0.1) is 18.5 Å². The highest BCUT2D eigenvalue weighted by Gasteiger charge is 2.43. The normalized spacial score (nSPS) is 25.6. The van der Waals surface area contributed by atoms with Gasteiger partial charge in [-0.3, -0.25) is 9.88 Å². The van der Waals surface area contributed by atoms with Gasteiger partial charge in [0.2, 0.25) is 10.0 Å². The number of ether oxygens (including phenoxy) is 1. The van der Waals surface area contributed by atoms with E-state index in [9.17, 15) is 8.42 Å². The Morgan fingerprint density at radius 1 is 1.45 bits per heavy atom. The van der Waals surface area contributed by atoms with E-state index < -0.39 is 10.0 Å². The third kappa shape index (κ3) is 4.04. The molecule has 3 heterocycles. The zero-order chi connectivity index (χ0) is 15.6. The molecule has 1 unspecified atom stereocenters. The van der Waals surface area contributed by atoms with E-state index in [1.807, 2.05) is 12.3 Å². The average molecular weight is 325 g/mol. The molecule has 0 amide bonds. The van der Waals surface area contributed by atoms with Gasteiger partial charge in [0.15, 0.2) is 0 Å². The lowest BCUT2D eigenvalue weighted by atomic mass is 9.87. The van der Waals surface area contributed by atoms with E-state index in [1.165, 1.54) is 11.8 Å². The summed E-state index contributed by atoms with van der Waals surface area (Å²) in [7, 11) is -3.16. The fourth-order valence-corrected chi connectivity index (χ4v) is 4.20. The number of aromatic nitrogens is 1. The third-order valence-corrected chi connectivity index (χ3v) is 5.25. The highest BCUT2D eigenvalue weighted by molar-refractivity contribution is 7.88. The van der Waals surface area contributed by atoms with E-state index in [-0.39, 0.29) is 11.6 Å². The number of pyridine rings is 1. The zero-order valence-electron chi connectivity index (χ0n) is 12.9. The molecular formula is C15H23N3O3S. The SMILES string of the molecule is CS(=O)(=O)NC1COC2(CCN(Cc3cccnc3)CC2)C1. The van der Waals surface area contributed by atoms with E-state index in [0.29, 0.717) is 6.61 Å². The van der Waals surface area contributed by atoms with E-state index in [4.69, 9.17) is 4.74 Å². The van der Waals surface area contributed by atoms with E-state index in [2.05, 4.69) is 20.7 Å². The van der Waals surface area contributed by atoms with Crippen LogP contribution in [-0.2, 0) is 21.3 Å². The molecule has 0 radical (unpaired) electrons. The topological polar surface area (TPSA) is 71.5 Å². The number of piperidine rings is 1. The summed E-state index contributed by atoms with van der Waals surface area (Å²) < 4.78 is 31.3. The number of hydrogen-bond donors (Lipinski definition) is 1. The van der Waals surface area contributed by atoms with E-state index in [1.54, 1.807) is 6.20 Å². The van der Waals surface area contributed by atoms with Gasteiger partial charge in [-0.05, 0) is 30.9 Å². The molecule has 2 saturated heterocycles. The van der Waals surface area contributed by atoms with Crippen LogP contribution in [-0.4, -0.2) is 55.9 Å². The second kappa shape index (κ2) is 6.23. The van der Waals surface area contributed by atoms with Gasteiger partial charge < -0.3 is 4.74 Å². The van der Waals surface area contributed by atoms with Gasteiger partial charge in [0.25, 0.3) is 0 Å². The molecule has 0 bridgehead atoms. The third-order valence-electron chi connectivity index (χ3n) is 4.49. The summed E-state index contributed by atoms with van der Waals surface area (Å²) in [6.07, 6.45) is 7.58. The number of hydrogen-bond acceptors (Lipinski definition) is 5. The van der Waals surface area contributed by atoms with Crippen LogP contribution >= 0.6 is 0 Å². The molecule has 6 nitrogen and oxygen atoms in total. The second-order valence-corrected chi connectivity index (χ2v) is 8.20. The molecular weight excluding hydrogens is 302 g/mol. The summed E-state index contributed by atoms with van der Waals surface area (Å²) in [6.45, 7) is 3.34. The largest absolute Gasteiger partial charge is 0.373 e. The second-order valence-electron chi connectivity index (χ2n) is 6.42. The first-order valence-electron chi connectivity index (χ1n) is 7.67. The van der Waals surface area contributed by atoms with Crippen LogP contribution in [0.5, 0.6) is 0 Å².